The highest BCUT2D eigenvalue weighted by Crippen LogP contribution is 2.34. The van der Waals surface area contributed by atoms with E-state index in [1.807, 2.05) is 4.90 Å². The first-order chi connectivity index (χ1) is 13.3. The number of nitrogens with zero attached hydrogens (tertiary/aromatic N) is 2. The Morgan fingerprint density at radius 3 is 2.11 bits per heavy atom. The molecule has 0 saturated carbocycles. The number of halogens is 3. The predicted molar refractivity (Wildman–Crippen MR) is 108 cm³/mol. The van der Waals surface area contributed by atoms with E-state index in [2.05, 4.69) is 0 Å². The summed E-state index contributed by atoms with van der Waals surface area (Å²) < 4.78 is 19.5. The molecule has 8 heteroatoms. The molecule has 28 heavy (non-hydrogen) atoms. The number of piperazine rings is 1. The minimum atomic E-state index is -0.443. The van der Waals surface area contributed by atoms with Crippen molar-refractivity contribution in [2.75, 3.05) is 38.2 Å². The zero-order valence-electron chi connectivity index (χ0n) is 15.5. The maximum atomic E-state index is 14.4. The second-order valence-electron chi connectivity index (χ2n) is 6.47. The van der Waals surface area contributed by atoms with Gasteiger partial charge in [-0.1, -0.05) is 23.2 Å². The number of hydrogen-bond donors (Lipinski definition) is 0. The lowest BCUT2D eigenvalue weighted by molar-refractivity contribution is 0.0746. The molecule has 0 aromatic heterocycles. The van der Waals surface area contributed by atoms with Gasteiger partial charge in [-0.15, -0.1) is 0 Å². The topological polar surface area (TPSA) is 49.9 Å². The first kappa shape index (κ1) is 20.4. The third kappa shape index (κ3) is 4.08. The van der Waals surface area contributed by atoms with Crippen LogP contribution in [0.15, 0.2) is 30.3 Å². The first-order valence-electron chi connectivity index (χ1n) is 8.69. The molecule has 1 aliphatic rings. The van der Waals surface area contributed by atoms with Crippen molar-refractivity contribution in [1.29, 1.82) is 0 Å². The van der Waals surface area contributed by atoms with Crippen molar-refractivity contribution in [1.82, 2.24) is 4.90 Å². The maximum absolute atomic E-state index is 14.4. The number of methoxy groups -OCH3 is 1. The fourth-order valence-corrected chi connectivity index (χ4v) is 3.84. The normalized spacial score (nSPS) is 14.2. The Hall–Kier alpha value is -2.31. The molecule has 1 heterocycles. The van der Waals surface area contributed by atoms with Crippen molar-refractivity contribution in [2.45, 2.75) is 6.92 Å². The number of carbonyl (C=O) groups excluding carboxylic acids is 2. The van der Waals surface area contributed by atoms with Gasteiger partial charge in [-0.05, 0) is 37.3 Å². The minimum absolute atomic E-state index is 0.183. The van der Waals surface area contributed by atoms with Crippen LogP contribution < -0.4 is 9.64 Å². The highest BCUT2D eigenvalue weighted by Gasteiger charge is 2.25. The maximum Gasteiger partial charge on any atom is 0.254 e. The molecule has 1 aliphatic heterocycles. The van der Waals surface area contributed by atoms with Gasteiger partial charge in [0, 0.05) is 37.3 Å². The minimum Gasteiger partial charge on any atom is -0.494 e. The van der Waals surface area contributed by atoms with Gasteiger partial charge in [0.05, 0.1) is 22.8 Å². The molecule has 1 saturated heterocycles. The summed E-state index contributed by atoms with van der Waals surface area (Å²) in [6, 6.07) is 7.52. The van der Waals surface area contributed by atoms with Crippen molar-refractivity contribution in [2.24, 2.45) is 0 Å². The van der Waals surface area contributed by atoms with Gasteiger partial charge >= 0.3 is 0 Å². The Labute approximate surface area is 172 Å². The summed E-state index contributed by atoms with van der Waals surface area (Å²) in [6.45, 7) is 3.19. The van der Waals surface area contributed by atoms with Gasteiger partial charge in [-0.3, -0.25) is 9.59 Å². The molecule has 1 fully saturated rings. The molecule has 1 amide bonds. The van der Waals surface area contributed by atoms with Crippen LogP contribution in [0.5, 0.6) is 5.75 Å². The van der Waals surface area contributed by atoms with Crippen LogP contribution in [0.2, 0.25) is 10.0 Å². The molecule has 0 bridgehead atoms. The SMILES string of the molecule is COc1c(Cl)cc(C(=O)N2CCN(c3ccc(C(C)=O)cc3F)CC2)cc1Cl. The van der Waals surface area contributed by atoms with Crippen LogP contribution >= 0.6 is 23.2 Å². The van der Waals surface area contributed by atoms with Gasteiger partial charge in [-0.2, -0.15) is 0 Å². The largest absolute Gasteiger partial charge is 0.494 e. The number of hydrogen-bond acceptors (Lipinski definition) is 4. The Bertz CT molecular complexity index is 905. The molecule has 0 unspecified atom stereocenters. The summed E-state index contributed by atoms with van der Waals surface area (Å²) in [5.41, 5.74) is 1.14. The van der Waals surface area contributed by atoms with Crippen LogP contribution in [-0.4, -0.2) is 49.9 Å². The zero-order chi connectivity index (χ0) is 20.4. The molecular weight excluding hydrogens is 406 g/mol. The lowest BCUT2D eigenvalue weighted by Crippen LogP contribution is -2.49. The molecule has 2 aromatic carbocycles. The molecule has 0 aliphatic carbocycles. The molecule has 5 nitrogen and oxygen atoms in total. The van der Waals surface area contributed by atoms with Gasteiger partial charge in [0.1, 0.15) is 5.82 Å². The third-order valence-corrected chi connectivity index (χ3v) is 5.27. The lowest BCUT2D eigenvalue weighted by atomic mass is 10.1. The summed E-state index contributed by atoms with van der Waals surface area (Å²) in [4.78, 5) is 27.7. The summed E-state index contributed by atoms with van der Waals surface area (Å²) in [6.07, 6.45) is 0. The van der Waals surface area contributed by atoms with Gasteiger partial charge in [-0.25, -0.2) is 4.39 Å². The highest BCUT2D eigenvalue weighted by atomic mass is 35.5. The average Bonchev–Trinajstić information content (AvgIpc) is 2.67. The Balaban J connectivity index is 1.70. The highest BCUT2D eigenvalue weighted by molar-refractivity contribution is 6.37. The lowest BCUT2D eigenvalue weighted by Gasteiger charge is -2.36. The van der Waals surface area contributed by atoms with E-state index >= 15 is 0 Å². The summed E-state index contributed by atoms with van der Waals surface area (Å²) in [5.74, 6) is -0.494. The number of amides is 1. The molecule has 0 spiro atoms. The standard InChI is InChI=1S/C20H19Cl2FN2O3/c1-12(26)13-3-4-18(17(23)11-13)24-5-7-25(8-6-24)20(27)14-9-15(21)19(28-2)16(22)10-14/h3-4,9-11H,5-8H2,1-2H3. The van der Waals surface area contributed by atoms with Crippen LogP contribution in [0.25, 0.3) is 0 Å². The fraction of sp³-hybridized carbons (Fsp3) is 0.300. The van der Waals surface area contributed by atoms with Gasteiger partial charge in [0.25, 0.3) is 5.91 Å². The number of carbonyl (C=O) groups is 2. The number of ether oxygens (including phenoxy) is 1. The molecular formula is C20H19Cl2FN2O3. The van der Waals surface area contributed by atoms with E-state index in [0.717, 1.165) is 0 Å². The van der Waals surface area contributed by atoms with Crippen molar-refractivity contribution in [3.8, 4) is 5.75 Å². The summed E-state index contributed by atoms with van der Waals surface area (Å²) in [5, 5.41) is 0.536. The van der Waals surface area contributed by atoms with E-state index in [4.69, 9.17) is 27.9 Å². The van der Waals surface area contributed by atoms with Crippen molar-refractivity contribution in [3.63, 3.8) is 0 Å². The van der Waals surface area contributed by atoms with E-state index in [9.17, 15) is 14.0 Å². The number of anilines is 1. The van der Waals surface area contributed by atoms with Crippen LogP contribution in [0.3, 0.4) is 0 Å². The molecule has 2 aromatic rings. The van der Waals surface area contributed by atoms with E-state index in [1.165, 1.54) is 32.2 Å². The third-order valence-electron chi connectivity index (χ3n) is 4.71. The number of rotatable bonds is 4. The van der Waals surface area contributed by atoms with Crippen molar-refractivity contribution in [3.05, 3.63) is 57.3 Å². The fourth-order valence-electron chi connectivity index (χ4n) is 3.19. The predicted octanol–water partition coefficient (Wildman–Crippen LogP) is 4.31. The second-order valence-corrected chi connectivity index (χ2v) is 7.29. The molecule has 0 atom stereocenters. The van der Waals surface area contributed by atoms with E-state index in [0.29, 0.717) is 48.7 Å². The van der Waals surface area contributed by atoms with E-state index < -0.39 is 5.82 Å². The van der Waals surface area contributed by atoms with Gasteiger partial charge in [0.15, 0.2) is 11.5 Å². The molecule has 0 radical (unpaired) electrons. The number of benzene rings is 2. The average molecular weight is 425 g/mol. The van der Waals surface area contributed by atoms with Crippen LogP contribution in [0.1, 0.15) is 27.6 Å². The first-order valence-corrected chi connectivity index (χ1v) is 9.45. The molecule has 148 valence electrons. The van der Waals surface area contributed by atoms with Crippen molar-refractivity contribution < 1.29 is 18.7 Å². The van der Waals surface area contributed by atoms with Gasteiger partial charge < -0.3 is 14.5 Å². The van der Waals surface area contributed by atoms with Crippen molar-refractivity contribution >= 4 is 40.6 Å². The number of Topliss-reactive ketones (excluding diaryl/α,β-unsaturated/α-hetero) is 1. The second kappa shape index (κ2) is 8.37. The Morgan fingerprint density at radius 2 is 1.61 bits per heavy atom. The Kier molecular flexibility index (Phi) is 6.10. The van der Waals surface area contributed by atoms with E-state index in [-0.39, 0.29) is 21.7 Å². The summed E-state index contributed by atoms with van der Waals surface area (Å²) >= 11 is 12.2. The quantitative estimate of drug-likeness (QED) is 0.686. The zero-order valence-corrected chi connectivity index (χ0v) is 17.0. The van der Waals surface area contributed by atoms with Crippen LogP contribution in [0, 0.1) is 5.82 Å². The smallest absolute Gasteiger partial charge is 0.254 e. The van der Waals surface area contributed by atoms with Gasteiger partial charge in [0.2, 0.25) is 0 Å². The summed E-state index contributed by atoms with van der Waals surface area (Å²) in [7, 11) is 1.45. The van der Waals surface area contributed by atoms with E-state index in [1.54, 1.807) is 17.0 Å². The Morgan fingerprint density at radius 1 is 1.00 bits per heavy atom. The van der Waals surface area contributed by atoms with Crippen LogP contribution in [-0.2, 0) is 0 Å². The molecule has 0 N–H and O–H groups in total. The monoisotopic (exact) mass is 424 g/mol. The number of ketones is 1. The molecule has 3 rings (SSSR count). The van der Waals surface area contributed by atoms with Crippen LogP contribution in [0.4, 0.5) is 10.1 Å².